The van der Waals surface area contributed by atoms with E-state index in [4.69, 9.17) is 14.7 Å². The number of amides is 3. The van der Waals surface area contributed by atoms with Crippen molar-refractivity contribution in [3.8, 4) is 11.4 Å². The Hall–Kier alpha value is -3.20. The summed E-state index contributed by atoms with van der Waals surface area (Å²) in [5, 5.41) is 5.54. The Morgan fingerprint density at radius 3 is 2.65 bits per heavy atom. The van der Waals surface area contributed by atoms with Crippen molar-refractivity contribution in [2.24, 2.45) is 5.92 Å². The van der Waals surface area contributed by atoms with Crippen LogP contribution in [0, 0.1) is 5.92 Å². The molecule has 3 heterocycles. The number of aromatic nitrogens is 2. The van der Waals surface area contributed by atoms with Gasteiger partial charge in [0, 0.05) is 42.4 Å². The van der Waals surface area contributed by atoms with E-state index in [9.17, 15) is 9.59 Å². The van der Waals surface area contributed by atoms with Crippen LogP contribution in [0.25, 0.3) is 11.4 Å². The van der Waals surface area contributed by atoms with Crippen LogP contribution in [0.5, 0.6) is 0 Å². The molecule has 1 saturated heterocycles. The van der Waals surface area contributed by atoms with E-state index in [1.54, 1.807) is 0 Å². The first-order valence-electron chi connectivity index (χ1n) is 12.2. The molecule has 5 rings (SSSR count). The normalized spacial score (nSPS) is 20.0. The number of hydrogen-bond donors (Lipinski definition) is 2. The molecule has 2 N–H and O–H groups in total. The molecule has 1 aromatic heterocycles. The lowest BCUT2D eigenvalue weighted by Crippen LogP contribution is -2.46. The summed E-state index contributed by atoms with van der Waals surface area (Å²) in [6.07, 6.45) is 2.78. The van der Waals surface area contributed by atoms with Gasteiger partial charge in [0.2, 0.25) is 5.91 Å². The van der Waals surface area contributed by atoms with E-state index in [0.29, 0.717) is 37.8 Å². The van der Waals surface area contributed by atoms with Gasteiger partial charge in [-0.25, -0.2) is 14.8 Å². The van der Waals surface area contributed by atoms with Gasteiger partial charge in [0.05, 0.1) is 31.5 Å². The summed E-state index contributed by atoms with van der Waals surface area (Å²) in [6.45, 7) is 7.97. The summed E-state index contributed by atoms with van der Waals surface area (Å²) in [5.41, 5.74) is 3.66. The first-order chi connectivity index (χ1) is 16.5. The van der Waals surface area contributed by atoms with Crippen LogP contribution in [0.4, 0.5) is 16.3 Å². The summed E-state index contributed by atoms with van der Waals surface area (Å²) in [5.74, 6) is 2.05. The number of nitrogens with zero attached hydrogens (tertiary/aromatic N) is 4. The molecule has 34 heavy (non-hydrogen) atoms. The van der Waals surface area contributed by atoms with Gasteiger partial charge in [-0.05, 0) is 57.4 Å². The largest absolute Gasteiger partial charge is 0.377 e. The van der Waals surface area contributed by atoms with E-state index in [-0.39, 0.29) is 23.9 Å². The molecule has 2 aromatic rings. The van der Waals surface area contributed by atoms with Gasteiger partial charge in [-0.1, -0.05) is 0 Å². The maximum absolute atomic E-state index is 12.8. The van der Waals surface area contributed by atoms with Crippen molar-refractivity contribution in [3.05, 3.63) is 35.5 Å². The van der Waals surface area contributed by atoms with E-state index < -0.39 is 0 Å². The minimum Gasteiger partial charge on any atom is -0.377 e. The van der Waals surface area contributed by atoms with Crippen LogP contribution < -0.4 is 15.5 Å². The maximum Gasteiger partial charge on any atom is 0.319 e. The third kappa shape index (κ3) is 4.70. The highest BCUT2D eigenvalue weighted by molar-refractivity contribution is 5.89. The van der Waals surface area contributed by atoms with Crippen LogP contribution >= 0.6 is 0 Å². The molecule has 3 aliphatic rings. The number of fused-ring (bicyclic) bond motifs is 1. The molecule has 1 saturated carbocycles. The molecular weight excluding hydrogens is 432 g/mol. The van der Waals surface area contributed by atoms with Gasteiger partial charge in [0.1, 0.15) is 5.82 Å². The summed E-state index contributed by atoms with van der Waals surface area (Å²) < 4.78 is 5.66. The highest BCUT2D eigenvalue weighted by atomic mass is 16.5. The van der Waals surface area contributed by atoms with Gasteiger partial charge in [0.25, 0.3) is 0 Å². The highest BCUT2D eigenvalue weighted by Gasteiger charge is 2.36. The van der Waals surface area contributed by atoms with Gasteiger partial charge >= 0.3 is 6.03 Å². The number of carbonyl (C=O) groups is 2. The number of rotatable bonds is 5. The van der Waals surface area contributed by atoms with Crippen molar-refractivity contribution in [1.82, 2.24) is 20.2 Å². The summed E-state index contributed by atoms with van der Waals surface area (Å²) in [4.78, 5) is 38.8. The van der Waals surface area contributed by atoms with E-state index in [0.717, 1.165) is 55.0 Å². The Morgan fingerprint density at radius 1 is 1.15 bits per heavy atom. The summed E-state index contributed by atoms with van der Waals surface area (Å²) in [7, 11) is 0. The fourth-order valence-electron chi connectivity index (χ4n) is 4.63. The number of hydrogen-bond acceptors (Lipinski definition) is 6. The third-order valence-corrected chi connectivity index (χ3v) is 6.66. The number of urea groups is 1. The zero-order chi connectivity index (χ0) is 23.7. The van der Waals surface area contributed by atoms with Crippen LogP contribution in [-0.4, -0.2) is 65.7 Å². The van der Waals surface area contributed by atoms with Crippen molar-refractivity contribution >= 4 is 23.4 Å². The topological polar surface area (TPSA) is 99.7 Å². The first kappa shape index (κ1) is 22.6. The van der Waals surface area contributed by atoms with Crippen molar-refractivity contribution in [2.45, 2.75) is 45.7 Å². The minimum atomic E-state index is -0.232. The molecular formula is C25H32N6O3. The third-order valence-electron chi connectivity index (χ3n) is 6.66. The first-order valence-corrected chi connectivity index (χ1v) is 12.2. The fourth-order valence-corrected chi connectivity index (χ4v) is 4.63. The number of nitrogens with one attached hydrogen (secondary N) is 2. The standard InChI is InChI=1S/C25H32N6O3/c1-3-26-25(33)27-19-8-6-17(7-9-19)22-28-21-14-30(24(32)18-4-5-18)11-10-20(21)23(29-22)31-12-13-34-15-16(31)2/h6-9,16,18H,3-5,10-15H2,1-2H3,(H2,26,27,33). The Labute approximate surface area is 199 Å². The zero-order valence-electron chi connectivity index (χ0n) is 19.8. The average molecular weight is 465 g/mol. The Balaban J connectivity index is 1.47. The molecule has 9 heteroatoms. The van der Waals surface area contributed by atoms with E-state index in [2.05, 4.69) is 22.5 Å². The Morgan fingerprint density at radius 2 is 1.94 bits per heavy atom. The SMILES string of the molecule is CCNC(=O)Nc1ccc(-c2nc3c(c(N4CCOCC4C)n2)CCN(C(=O)C2CC2)C3)cc1. The molecule has 1 aromatic carbocycles. The second kappa shape index (κ2) is 9.58. The molecule has 2 aliphatic heterocycles. The minimum absolute atomic E-state index is 0.201. The van der Waals surface area contributed by atoms with Gasteiger partial charge in [0.15, 0.2) is 5.82 Å². The highest BCUT2D eigenvalue weighted by Crippen LogP contribution is 2.35. The van der Waals surface area contributed by atoms with E-state index in [1.165, 1.54) is 0 Å². The van der Waals surface area contributed by atoms with Crippen LogP contribution in [0.15, 0.2) is 24.3 Å². The van der Waals surface area contributed by atoms with Crippen LogP contribution in [0.2, 0.25) is 0 Å². The lowest BCUT2D eigenvalue weighted by molar-refractivity contribution is -0.133. The van der Waals surface area contributed by atoms with Gasteiger partial charge < -0.3 is 25.2 Å². The predicted molar refractivity (Wildman–Crippen MR) is 130 cm³/mol. The molecule has 0 bridgehead atoms. The second-order valence-electron chi connectivity index (χ2n) is 9.26. The van der Waals surface area contributed by atoms with Gasteiger partial charge in [-0.2, -0.15) is 0 Å². The Kier molecular flexibility index (Phi) is 6.36. The molecule has 1 atom stereocenters. The molecule has 0 spiro atoms. The number of anilines is 2. The lowest BCUT2D eigenvalue weighted by Gasteiger charge is -2.38. The molecule has 3 amide bonds. The lowest BCUT2D eigenvalue weighted by atomic mass is 10.0. The molecule has 1 aliphatic carbocycles. The number of carbonyl (C=O) groups excluding carboxylic acids is 2. The van der Waals surface area contributed by atoms with E-state index >= 15 is 0 Å². The molecule has 180 valence electrons. The van der Waals surface area contributed by atoms with Gasteiger partial charge in [-0.3, -0.25) is 4.79 Å². The maximum atomic E-state index is 12.8. The second-order valence-corrected chi connectivity index (χ2v) is 9.26. The van der Waals surface area contributed by atoms with Crippen LogP contribution in [0.1, 0.15) is 37.9 Å². The average Bonchev–Trinajstić information content (AvgIpc) is 3.69. The van der Waals surface area contributed by atoms with Crippen molar-refractivity contribution in [3.63, 3.8) is 0 Å². The van der Waals surface area contributed by atoms with Crippen LogP contribution in [-0.2, 0) is 22.5 Å². The number of morpholine rings is 1. The van der Waals surface area contributed by atoms with E-state index in [1.807, 2.05) is 36.1 Å². The fraction of sp³-hybridized carbons (Fsp3) is 0.520. The summed E-state index contributed by atoms with van der Waals surface area (Å²) in [6, 6.07) is 7.54. The smallest absolute Gasteiger partial charge is 0.319 e. The molecule has 0 radical (unpaired) electrons. The molecule has 2 fully saturated rings. The zero-order valence-corrected chi connectivity index (χ0v) is 19.8. The summed E-state index contributed by atoms with van der Waals surface area (Å²) >= 11 is 0. The number of benzene rings is 1. The quantitative estimate of drug-likeness (QED) is 0.706. The van der Waals surface area contributed by atoms with Crippen molar-refractivity contribution in [1.29, 1.82) is 0 Å². The van der Waals surface area contributed by atoms with Crippen molar-refractivity contribution in [2.75, 3.05) is 43.1 Å². The monoisotopic (exact) mass is 464 g/mol. The van der Waals surface area contributed by atoms with Crippen LogP contribution in [0.3, 0.4) is 0 Å². The Bertz CT molecular complexity index is 1070. The number of ether oxygens (including phenoxy) is 1. The van der Waals surface area contributed by atoms with Gasteiger partial charge in [-0.15, -0.1) is 0 Å². The molecule has 1 unspecified atom stereocenters. The van der Waals surface area contributed by atoms with Crippen molar-refractivity contribution < 1.29 is 14.3 Å². The predicted octanol–water partition coefficient (Wildman–Crippen LogP) is 2.80. The molecule has 9 nitrogen and oxygen atoms in total.